The monoisotopic (exact) mass is 464 g/mol. The summed E-state index contributed by atoms with van der Waals surface area (Å²) < 4.78 is 11.5. The second-order valence-electron chi connectivity index (χ2n) is 8.01. The molecule has 1 N–H and O–H groups in total. The highest BCUT2D eigenvalue weighted by Crippen LogP contribution is 2.28. The van der Waals surface area contributed by atoms with Crippen LogP contribution in [0.1, 0.15) is 47.9 Å². The molecule has 1 aliphatic heterocycles. The topological polar surface area (TPSA) is 75.7 Å². The Kier molecular flexibility index (Phi) is 7.46. The Bertz CT molecular complexity index is 1120. The summed E-state index contributed by atoms with van der Waals surface area (Å²) >= 11 is 5.95. The highest BCUT2D eigenvalue weighted by Gasteiger charge is 2.27. The first-order valence-electron chi connectivity index (χ1n) is 10.2. The van der Waals surface area contributed by atoms with Crippen molar-refractivity contribution in [3.05, 3.63) is 68.9 Å². The number of aryl methyl sites for hydroxylation is 1. The molecule has 0 saturated carbocycles. The van der Waals surface area contributed by atoms with E-state index in [1.54, 1.807) is 12.1 Å². The van der Waals surface area contributed by atoms with Crippen molar-refractivity contribution in [2.24, 2.45) is 5.92 Å². The van der Waals surface area contributed by atoms with Crippen molar-refractivity contribution in [1.82, 2.24) is 10.2 Å². The molecule has 8 heteroatoms. The molecule has 1 amide bonds. The minimum absolute atomic E-state index is 0. The standard InChI is InChI=1S/C23H25ClN2O4.ClH/c1-14-7-9-26(10-8-14)18(21-5-3-15(2)29-21)13-25-23(28)22-12-19(27)17-11-16(24)4-6-20(17)30-22;/h3-6,11-12,14,18H,7-10,13H2,1-2H3,(H,25,28);1H. The van der Waals surface area contributed by atoms with E-state index in [1.165, 1.54) is 12.1 Å². The minimum Gasteiger partial charge on any atom is -0.465 e. The molecule has 6 nitrogen and oxygen atoms in total. The van der Waals surface area contributed by atoms with Crippen LogP contribution >= 0.6 is 24.0 Å². The third-order valence-corrected chi connectivity index (χ3v) is 5.95. The second kappa shape index (κ2) is 9.90. The van der Waals surface area contributed by atoms with Gasteiger partial charge in [0.05, 0.1) is 11.4 Å². The summed E-state index contributed by atoms with van der Waals surface area (Å²) in [4.78, 5) is 27.5. The smallest absolute Gasteiger partial charge is 0.287 e. The number of halogens is 2. The molecule has 1 aromatic carbocycles. The van der Waals surface area contributed by atoms with E-state index in [0.29, 0.717) is 28.5 Å². The molecule has 1 fully saturated rings. The molecule has 3 aromatic rings. The number of hydrogen-bond donors (Lipinski definition) is 1. The summed E-state index contributed by atoms with van der Waals surface area (Å²) in [6.07, 6.45) is 2.23. The maximum atomic E-state index is 12.8. The Morgan fingerprint density at radius 1 is 1.19 bits per heavy atom. The number of carbonyl (C=O) groups excluding carboxylic acids is 1. The predicted octanol–water partition coefficient (Wildman–Crippen LogP) is 4.97. The summed E-state index contributed by atoms with van der Waals surface area (Å²) in [5.41, 5.74) is 0.0346. The molecule has 0 spiro atoms. The first kappa shape index (κ1) is 23.4. The number of likely N-dealkylation sites (tertiary alicyclic amines) is 1. The number of rotatable bonds is 5. The molecule has 0 aliphatic carbocycles. The summed E-state index contributed by atoms with van der Waals surface area (Å²) in [5.74, 6) is 1.93. The van der Waals surface area contributed by atoms with E-state index in [-0.39, 0.29) is 29.6 Å². The fourth-order valence-corrected chi connectivity index (χ4v) is 4.07. The lowest BCUT2D eigenvalue weighted by molar-refractivity contribution is 0.0870. The summed E-state index contributed by atoms with van der Waals surface area (Å²) in [6.45, 7) is 6.44. The molecule has 3 heterocycles. The number of nitrogens with zero attached hydrogens (tertiary/aromatic N) is 1. The van der Waals surface area contributed by atoms with Crippen LogP contribution in [0.2, 0.25) is 5.02 Å². The zero-order valence-corrected chi connectivity index (χ0v) is 19.1. The Balaban J connectivity index is 0.00000272. The van der Waals surface area contributed by atoms with Gasteiger partial charge in [-0.15, -0.1) is 12.4 Å². The zero-order chi connectivity index (χ0) is 21.3. The Labute approximate surface area is 192 Å². The molecule has 1 unspecified atom stereocenters. The van der Waals surface area contributed by atoms with Crippen molar-refractivity contribution in [2.45, 2.75) is 32.7 Å². The van der Waals surface area contributed by atoms with Crippen LogP contribution in [0.3, 0.4) is 0 Å². The highest BCUT2D eigenvalue weighted by atomic mass is 35.5. The van der Waals surface area contributed by atoms with Crippen molar-refractivity contribution in [3.63, 3.8) is 0 Å². The van der Waals surface area contributed by atoms with Gasteiger partial charge in [0.15, 0.2) is 11.2 Å². The van der Waals surface area contributed by atoms with Crippen LogP contribution in [-0.4, -0.2) is 30.4 Å². The number of piperidine rings is 1. The third-order valence-electron chi connectivity index (χ3n) is 5.72. The lowest BCUT2D eigenvalue weighted by Crippen LogP contribution is -2.41. The largest absolute Gasteiger partial charge is 0.465 e. The maximum Gasteiger partial charge on any atom is 0.287 e. The van der Waals surface area contributed by atoms with Crippen LogP contribution in [0, 0.1) is 12.8 Å². The molecule has 31 heavy (non-hydrogen) atoms. The molecule has 1 aliphatic rings. The number of benzene rings is 1. The average molecular weight is 465 g/mol. The van der Waals surface area contributed by atoms with Gasteiger partial charge in [-0.2, -0.15) is 0 Å². The maximum absolute atomic E-state index is 12.8. The van der Waals surface area contributed by atoms with Crippen LogP contribution < -0.4 is 10.7 Å². The number of hydrogen-bond acceptors (Lipinski definition) is 5. The van der Waals surface area contributed by atoms with Crippen molar-refractivity contribution in [1.29, 1.82) is 0 Å². The van der Waals surface area contributed by atoms with Gasteiger partial charge in [-0.3, -0.25) is 14.5 Å². The Morgan fingerprint density at radius 2 is 1.94 bits per heavy atom. The van der Waals surface area contributed by atoms with Crippen LogP contribution in [0.15, 0.2) is 50.0 Å². The van der Waals surface area contributed by atoms with Crippen LogP contribution in [0.5, 0.6) is 0 Å². The number of nitrogens with one attached hydrogen (secondary N) is 1. The van der Waals surface area contributed by atoms with Gasteiger partial charge in [0, 0.05) is 17.6 Å². The molecule has 4 rings (SSSR count). The molecule has 1 saturated heterocycles. The third kappa shape index (κ3) is 5.32. The highest BCUT2D eigenvalue weighted by molar-refractivity contribution is 6.31. The van der Waals surface area contributed by atoms with Crippen LogP contribution in [0.25, 0.3) is 11.0 Å². The SMILES string of the molecule is Cc1ccc(C(CNC(=O)c2cc(=O)c3cc(Cl)ccc3o2)N2CCC(C)CC2)o1.Cl. The van der Waals surface area contributed by atoms with E-state index in [1.807, 2.05) is 19.1 Å². The van der Waals surface area contributed by atoms with Gasteiger partial charge in [-0.1, -0.05) is 18.5 Å². The predicted molar refractivity (Wildman–Crippen MR) is 123 cm³/mol. The summed E-state index contributed by atoms with van der Waals surface area (Å²) in [7, 11) is 0. The number of amides is 1. The lowest BCUT2D eigenvalue weighted by atomic mass is 9.97. The normalized spacial score (nSPS) is 16.1. The Morgan fingerprint density at radius 3 is 2.61 bits per heavy atom. The van der Waals surface area contributed by atoms with Crippen molar-refractivity contribution in [3.8, 4) is 0 Å². The van der Waals surface area contributed by atoms with Gasteiger partial charge < -0.3 is 14.2 Å². The molecule has 2 aromatic heterocycles. The van der Waals surface area contributed by atoms with Gasteiger partial charge in [0.1, 0.15) is 17.1 Å². The molecule has 0 radical (unpaired) electrons. The van der Waals surface area contributed by atoms with Gasteiger partial charge in [-0.05, 0) is 69.1 Å². The van der Waals surface area contributed by atoms with Crippen LogP contribution in [0.4, 0.5) is 0 Å². The van der Waals surface area contributed by atoms with Crippen molar-refractivity contribution < 1.29 is 13.6 Å². The number of fused-ring (bicyclic) bond motifs is 1. The van der Waals surface area contributed by atoms with Gasteiger partial charge in [-0.25, -0.2) is 0 Å². The molecule has 0 bridgehead atoms. The van der Waals surface area contributed by atoms with Crippen LogP contribution in [-0.2, 0) is 0 Å². The second-order valence-corrected chi connectivity index (χ2v) is 8.44. The van der Waals surface area contributed by atoms with Gasteiger partial charge >= 0.3 is 0 Å². The fraction of sp³-hybridized carbons (Fsp3) is 0.391. The quantitative estimate of drug-likeness (QED) is 0.576. The van der Waals surface area contributed by atoms with E-state index in [4.69, 9.17) is 20.4 Å². The first-order valence-corrected chi connectivity index (χ1v) is 10.6. The van der Waals surface area contributed by atoms with Crippen molar-refractivity contribution >= 4 is 40.9 Å². The lowest BCUT2D eigenvalue weighted by Gasteiger charge is -2.35. The van der Waals surface area contributed by atoms with Gasteiger partial charge in [0.25, 0.3) is 5.91 Å². The van der Waals surface area contributed by atoms with Gasteiger partial charge in [0.2, 0.25) is 0 Å². The van der Waals surface area contributed by atoms with E-state index >= 15 is 0 Å². The first-order chi connectivity index (χ1) is 14.4. The van der Waals surface area contributed by atoms with E-state index < -0.39 is 5.91 Å². The van der Waals surface area contributed by atoms with E-state index in [2.05, 4.69) is 17.1 Å². The number of furan rings is 1. The van der Waals surface area contributed by atoms with Crippen molar-refractivity contribution in [2.75, 3.05) is 19.6 Å². The average Bonchev–Trinajstić information content (AvgIpc) is 3.15. The van der Waals surface area contributed by atoms with E-state index in [9.17, 15) is 9.59 Å². The summed E-state index contributed by atoms with van der Waals surface area (Å²) in [6, 6.07) is 9.80. The molecular weight excluding hydrogens is 439 g/mol. The zero-order valence-electron chi connectivity index (χ0n) is 17.5. The molecule has 1 atom stereocenters. The fourth-order valence-electron chi connectivity index (χ4n) is 3.90. The summed E-state index contributed by atoms with van der Waals surface area (Å²) in [5, 5.41) is 3.72. The number of carbonyl (C=O) groups is 1. The molecular formula is C23H26Cl2N2O4. The van der Waals surface area contributed by atoms with E-state index in [0.717, 1.165) is 37.5 Å². The molecule has 166 valence electrons. The minimum atomic E-state index is -0.428. The Hall–Kier alpha value is -2.28.